The second-order valence-corrected chi connectivity index (χ2v) is 8.04. The van der Waals surface area contributed by atoms with Crippen molar-refractivity contribution >= 4 is 18.0 Å². The van der Waals surface area contributed by atoms with Crippen molar-refractivity contribution in [1.29, 1.82) is 0 Å². The number of alkyl carbamates (subject to hydrolysis) is 1. The Morgan fingerprint density at radius 2 is 1.43 bits per heavy atom. The first-order chi connectivity index (χ1) is 16.8. The van der Waals surface area contributed by atoms with Gasteiger partial charge in [-0.2, -0.15) is 8.78 Å². The van der Waals surface area contributed by atoms with Crippen molar-refractivity contribution in [3.63, 3.8) is 0 Å². The number of fused-ring (bicyclic) bond motifs is 3. The van der Waals surface area contributed by atoms with Crippen LogP contribution in [-0.2, 0) is 14.3 Å². The molecule has 2 amide bonds. The molecule has 7 nitrogen and oxygen atoms in total. The molecule has 0 fully saturated rings. The molecule has 35 heavy (non-hydrogen) atoms. The standard InChI is InChI=1S/C26H22F2N2O5/c27-26(28,24(33)30-22(23(31)32)16-8-2-1-3-9-16)15-29-25(34)35-14-21-19-12-6-4-10-17(19)18-11-5-7-13-20(18)21/h1-13,21-22H,14-15H2,(H,29,34)(H,30,33)(H,31,32). The number of nitrogens with one attached hydrogen (secondary N) is 2. The van der Waals surface area contributed by atoms with Gasteiger partial charge in [0, 0.05) is 5.92 Å². The monoisotopic (exact) mass is 480 g/mol. The van der Waals surface area contributed by atoms with Gasteiger partial charge in [-0.3, -0.25) is 4.79 Å². The van der Waals surface area contributed by atoms with Crippen LogP contribution in [0, 0.1) is 0 Å². The molecule has 0 saturated carbocycles. The summed E-state index contributed by atoms with van der Waals surface area (Å²) in [6, 6.07) is 21.1. The lowest BCUT2D eigenvalue weighted by molar-refractivity contribution is -0.150. The van der Waals surface area contributed by atoms with Crippen LogP contribution in [0.4, 0.5) is 13.6 Å². The largest absolute Gasteiger partial charge is 0.479 e. The first kappa shape index (κ1) is 23.9. The van der Waals surface area contributed by atoms with Crippen molar-refractivity contribution in [1.82, 2.24) is 10.6 Å². The van der Waals surface area contributed by atoms with Gasteiger partial charge in [0.2, 0.25) is 0 Å². The molecule has 3 aromatic carbocycles. The minimum atomic E-state index is -4.06. The lowest BCUT2D eigenvalue weighted by atomic mass is 9.98. The molecule has 180 valence electrons. The number of amides is 2. The van der Waals surface area contributed by atoms with E-state index in [1.807, 2.05) is 59.2 Å². The van der Waals surface area contributed by atoms with Crippen LogP contribution < -0.4 is 10.6 Å². The van der Waals surface area contributed by atoms with Gasteiger partial charge < -0.3 is 20.5 Å². The van der Waals surface area contributed by atoms with Crippen molar-refractivity contribution in [2.24, 2.45) is 0 Å². The number of hydrogen-bond acceptors (Lipinski definition) is 4. The van der Waals surface area contributed by atoms with Gasteiger partial charge in [-0.25, -0.2) is 9.59 Å². The molecule has 1 unspecified atom stereocenters. The van der Waals surface area contributed by atoms with Crippen LogP contribution in [0.25, 0.3) is 11.1 Å². The Morgan fingerprint density at radius 1 is 0.886 bits per heavy atom. The number of benzene rings is 3. The second kappa shape index (κ2) is 9.92. The summed E-state index contributed by atoms with van der Waals surface area (Å²) in [5, 5.41) is 13.0. The van der Waals surface area contributed by atoms with Crippen molar-refractivity contribution in [2.45, 2.75) is 17.9 Å². The molecular formula is C26H22F2N2O5. The number of aliphatic carboxylic acids is 1. The number of hydrogen-bond donors (Lipinski definition) is 3. The third-order valence-corrected chi connectivity index (χ3v) is 5.79. The number of rotatable bonds is 8. The van der Waals surface area contributed by atoms with E-state index in [1.165, 1.54) is 24.3 Å². The van der Waals surface area contributed by atoms with Gasteiger partial charge in [-0.1, -0.05) is 78.9 Å². The highest BCUT2D eigenvalue weighted by Crippen LogP contribution is 2.44. The van der Waals surface area contributed by atoms with Crippen LogP contribution in [0.15, 0.2) is 78.9 Å². The van der Waals surface area contributed by atoms with Gasteiger partial charge in [-0.05, 0) is 27.8 Å². The molecule has 0 aromatic heterocycles. The highest BCUT2D eigenvalue weighted by atomic mass is 19.3. The predicted molar refractivity (Wildman–Crippen MR) is 123 cm³/mol. The summed E-state index contributed by atoms with van der Waals surface area (Å²) in [7, 11) is 0. The average molecular weight is 480 g/mol. The van der Waals surface area contributed by atoms with Crippen LogP contribution in [0.5, 0.6) is 0 Å². The van der Waals surface area contributed by atoms with E-state index < -0.39 is 36.5 Å². The summed E-state index contributed by atoms with van der Waals surface area (Å²) in [6.07, 6.45) is -1.11. The summed E-state index contributed by atoms with van der Waals surface area (Å²) in [6.45, 7) is -1.43. The van der Waals surface area contributed by atoms with Gasteiger partial charge in [0.15, 0.2) is 6.04 Å². The van der Waals surface area contributed by atoms with Crippen LogP contribution in [0.3, 0.4) is 0 Å². The molecular weight excluding hydrogens is 458 g/mol. The fraction of sp³-hybridized carbons (Fsp3) is 0.192. The summed E-state index contributed by atoms with van der Waals surface area (Å²) in [4.78, 5) is 35.7. The number of halogens is 2. The minimum Gasteiger partial charge on any atom is -0.479 e. The molecule has 1 aliphatic rings. The Morgan fingerprint density at radius 3 is 2.00 bits per heavy atom. The quantitative estimate of drug-likeness (QED) is 0.450. The average Bonchev–Trinajstić information content (AvgIpc) is 3.18. The van der Waals surface area contributed by atoms with Crippen molar-refractivity contribution in [3.05, 3.63) is 95.6 Å². The zero-order valence-corrected chi connectivity index (χ0v) is 18.4. The number of alkyl halides is 2. The Hall–Kier alpha value is -4.27. The number of carbonyl (C=O) groups is 3. The number of carbonyl (C=O) groups excluding carboxylic acids is 2. The first-order valence-electron chi connectivity index (χ1n) is 10.8. The van der Waals surface area contributed by atoms with E-state index >= 15 is 0 Å². The molecule has 0 radical (unpaired) electrons. The normalized spacial score (nSPS) is 13.3. The maximum atomic E-state index is 14.4. The maximum absolute atomic E-state index is 14.4. The molecule has 0 aliphatic heterocycles. The smallest absolute Gasteiger partial charge is 0.407 e. The number of carboxylic acid groups (broad SMARTS) is 1. The first-order valence-corrected chi connectivity index (χ1v) is 10.8. The Labute approximate surface area is 199 Å². The van der Waals surface area contributed by atoms with E-state index in [9.17, 15) is 28.3 Å². The summed E-state index contributed by atoms with van der Waals surface area (Å²) >= 11 is 0. The number of ether oxygens (including phenoxy) is 1. The lowest BCUT2D eigenvalue weighted by Crippen LogP contribution is -2.50. The molecule has 0 bridgehead atoms. The molecule has 3 aromatic rings. The molecule has 0 saturated heterocycles. The van der Waals surface area contributed by atoms with Crippen molar-refractivity contribution in [3.8, 4) is 11.1 Å². The summed E-state index contributed by atoms with van der Waals surface area (Å²) < 4.78 is 33.9. The Balaban J connectivity index is 1.34. The maximum Gasteiger partial charge on any atom is 0.407 e. The topological polar surface area (TPSA) is 105 Å². The number of carboxylic acids is 1. The zero-order chi connectivity index (χ0) is 25.0. The highest BCUT2D eigenvalue weighted by Gasteiger charge is 2.41. The van der Waals surface area contributed by atoms with Crippen molar-refractivity contribution < 1.29 is 33.0 Å². The molecule has 3 N–H and O–H groups in total. The molecule has 9 heteroatoms. The van der Waals surface area contributed by atoms with Crippen LogP contribution >= 0.6 is 0 Å². The van der Waals surface area contributed by atoms with Crippen molar-refractivity contribution in [2.75, 3.05) is 13.2 Å². The Kier molecular flexibility index (Phi) is 6.77. The third-order valence-electron chi connectivity index (χ3n) is 5.79. The van der Waals surface area contributed by atoms with E-state index in [1.54, 1.807) is 6.07 Å². The fourth-order valence-electron chi connectivity index (χ4n) is 4.08. The van der Waals surface area contributed by atoms with Gasteiger partial charge in [0.25, 0.3) is 5.91 Å². The van der Waals surface area contributed by atoms with Gasteiger partial charge in [0.05, 0.1) is 6.54 Å². The Bertz CT molecular complexity index is 1200. The molecule has 1 atom stereocenters. The van der Waals surface area contributed by atoms with E-state index in [2.05, 4.69) is 0 Å². The van der Waals surface area contributed by atoms with E-state index in [0.29, 0.717) is 0 Å². The summed E-state index contributed by atoms with van der Waals surface area (Å²) in [5.74, 6) is -7.63. The zero-order valence-electron chi connectivity index (χ0n) is 18.4. The summed E-state index contributed by atoms with van der Waals surface area (Å²) in [5.41, 5.74) is 4.10. The SMILES string of the molecule is O=C(NCC(F)(F)C(=O)NC(C(=O)O)c1ccccc1)OCC1c2ccccc2-c2ccccc21. The van der Waals surface area contributed by atoms with Gasteiger partial charge >= 0.3 is 18.0 Å². The molecule has 0 spiro atoms. The van der Waals surface area contributed by atoms with E-state index in [-0.39, 0.29) is 18.1 Å². The van der Waals surface area contributed by atoms with E-state index in [4.69, 9.17) is 4.74 Å². The predicted octanol–water partition coefficient (Wildman–Crippen LogP) is 4.10. The highest BCUT2D eigenvalue weighted by molar-refractivity contribution is 5.89. The molecule has 1 aliphatic carbocycles. The van der Waals surface area contributed by atoms with Crippen LogP contribution in [0.2, 0.25) is 0 Å². The second-order valence-electron chi connectivity index (χ2n) is 8.04. The van der Waals surface area contributed by atoms with Crippen LogP contribution in [-0.4, -0.2) is 42.2 Å². The fourth-order valence-corrected chi connectivity index (χ4v) is 4.08. The lowest BCUT2D eigenvalue weighted by Gasteiger charge is -2.21. The third kappa shape index (κ3) is 5.13. The molecule has 4 rings (SSSR count). The minimum absolute atomic E-state index is 0.0767. The van der Waals surface area contributed by atoms with E-state index in [0.717, 1.165) is 22.3 Å². The van der Waals surface area contributed by atoms with Gasteiger partial charge in [0.1, 0.15) is 6.61 Å². The van der Waals surface area contributed by atoms with Crippen LogP contribution in [0.1, 0.15) is 28.7 Å². The van der Waals surface area contributed by atoms with Gasteiger partial charge in [-0.15, -0.1) is 0 Å². The molecule has 0 heterocycles.